The highest BCUT2D eigenvalue weighted by atomic mass is 32.2. The molecule has 1 aliphatic heterocycles. The Morgan fingerprint density at radius 2 is 1.91 bits per heavy atom. The molecule has 2 rings (SSSR count). The average Bonchev–Trinajstić information content (AvgIpc) is 3.04. The van der Waals surface area contributed by atoms with Gasteiger partial charge in [0, 0.05) is 31.6 Å². The minimum absolute atomic E-state index is 0.0878. The van der Waals surface area contributed by atoms with Crippen LogP contribution in [-0.2, 0) is 19.6 Å². The Morgan fingerprint density at radius 3 is 2.43 bits per heavy atom. The molecule has 128 valence electrons. The lowest BCUT2D eigenvalue weighted by Crippen LogP contribution is -2.53. The number of thiophene rings is 1. The first-order valence-electron chi connectivity index (χ1n) is 6.98. The van der Waals surface area contributed by atoms with E-state index < -0.39 is 22.0 Å². The van der Waals surface area contributed by atoms with Crippen LogP contribution in [0.3, 0.4) is 0 Å². The Kier molecular flexibility index (Phi) is 5.40. The number of hydrogen-bond donors (Lipinski definition) is 1. The lowest BCUT2D eigenvalue weighted by molar-refractivity contribution is -0.133. The van der Waals surface area contributed by atoms with E-state index in [4.69, 9.17) is 5.73 Å². The standard InChI is InChI=1S/C13H19N3O5S2/c1-9(14)12(17)15-3-5-16(6-4-15)23(19,20)11-7-10(8-22-11)13(18)21-2/h7-9H,3-6,14H2,1-2H3. The Labute approximate surface area is 138 Å². The van der Waals surface area contributed by atoms with E-state index in [2.05, 4.69) is 4.74 Å². The molecule has 0 radical (unpaired) electrons. The van der Waals surface area contributed by atoms with Crippen molar-refractivity contribution < 1.29 is 22.7 Å². The van der Waals surface area contributed by atoms with Gasteiger partial charge in [-0.15, -0.1) is 11.3 Å². The van der Waals surface area contributed by atoms with Gasteiger partial charge in [-0.05, 0) is 13.0 Å². The van der Waals surface area contributed by atoms with E-state index in [0.717, 1.165) is 11.3 Å². The quantitative estimate of drug-likeness (QED) is 0.738. The van der Waals surface area contributed by atoms with E-state index in [1.54, 1.807) is 11.8 Å². The van der Waals surface area contributed by atoms with Crippen molar-refractivity contribution in [3.63, 3.8) is 0 Å². The summed E-state index contributed by atoms with van der Waals surface area (Å²) in [5, 5.41) is 1.45. The summed E-state index contributed by atoms with van der Waals surface area (Å²) in [6.07, 6.45) is 0. The first-order valence-corrected chi connectivity index (χ1v) is 9.30. The summed E-state index contributed by atoms with van der Waals surface area (Å²) in [7, 11) is -2.44. The van der Waals surface area contributed by atoms with E-state index in [-0.39, 0.29) is 28.8 Å². The van der Waals surface area contributed by atoms with Gasteiger partial charge in [0.05, 0.1) is 18.7 Å². The lowest BCUT2D eigenvalue weighted by Gasteiger charge is -2.34. The summed E-state index contributed by atoms with van der Waals surface area (Å²) in [6.45, 7) is 2.60. The van der Waals surface area contributed by atoms with Crippen molar-refractivity contribution in [2.75, 3.05) is 33.3 Å². The fourth-order valence-electron chi connectivity index (χ4n) is 2.24. The topological polar surface area (TPSA) is 110 Å². The molecule has 0 aromatic carbocycles. The summed E-state index contributed by atoms with van der Waals surface area (Å²) in [6, 6.07) is 0.712. The number of carbonyl (C=O) groups is 2. The zero-order chi connectivity index (χ0) is 17.2. The van der Waals surface area contributed by atoms with Crippen LogP contribution >= 0.6 is 11.3 Å². The Bertz CT molecular complexity index is 690. The van der Waals surface area contributed by atoms with Gasteiger partial charge in [0.1, 0.15) is 4.21 Å². The number of amides is 1. The smallest absolute Gasteiger partial charge is 0.338 e. The molecule has 1 unspecified atom stereocenters. The van der Waals surface area contributed by atoms with Crippen LogP contribution in [0.25, 0.3) is 0 Å². The van der Waals surface area contributed by atoms with Crippen LogP contribution < -0.4 is 5.73 Å². The second-order valence-corrected chi connectivity index (χ2v) is 8.24. The third-order valence-corrected chi connectivity index (χ3v) is 6.84. The Hall–Kier alpha value is -1.49. The molecule has 2 N–H and O–H groups in total. The molecule has 1 amide bonds. The van der Waals surface area contributed by atoms with Gasteiger partial charge in [-0.1, -0.05) is 0 Å². The molecule has 1 aromatic rings. The van der Waals surface area contributed by atoms with Gasteiger partial charge in [-0.2, -0.15) is 4.31 Å². The molecule has 1 atom stereocenters. The summed E-state index contributed by atoms with van der Waals surface area (Å²) < 4.78 is 31.1. The minimum Gasteiger partial charge on any atom is -0.465 e. The molecule has 2 heterocycles. The maximum absolute atomic E-state index is 12.6. The number of rotatable bonds is 4. The fraction of sp³-hybridized carbons (Fsp3) is 0.538. The van der Waals surface area contributed by atoms with Crippen LogP contribution in [0.4, 0.5) is 0 Å². The van der Waals surface area contributed by atoms with E-state index in [9.17, 15) is 18.0 Å². The first kappa shape index (κ1) is 17.9. The van der Waals surface area contributed by atoms with Crippen molar-refractivity contribution in [1.29, 1.82) is 0 Å². The highest BCUT2D eigenvalue weighted by Crippen LogP contribution is 2.25. The Balaban J connectivity index is 2.09. The van der Waals surface area contributed by atoms with Gasteiger partial charge in [-0.3, -0.25) is 4.79 Å². The minimum atomic E-state index is -3.68. The molecular weight excluding hydrogens is 342 g/mol. The van der Waals surface area contributed by atoms with E-state index in [1.165, 1.54) is 22.9 Å². The number of nitrogens with zero attached hydrogens (tertiary/aromatic N) is 2. The molecule has 1 aromatic heterocycles. The van der Waals surface area contributed by atoms with Crippen LogP contribution in [0.15, 0.2) is 15.7 Å². The monoisotopic (exact) mass is 361 g/mol. The molecule has 0 saturated carbocycles. The number of methoxy groups -OCH3 is 1. The van der Waals surface area contributed by atoms with E-state index in [0.29, 0.717) is 13.1 Å². The summed E-state index contributed by atoms with van der Waals surface area (Å²) in [4.78, 5) is 24.8. The zero-order valence-corrected chi connectivity index (χ0v) is 14.5. The van der Waals surface area contributed by atoms with E-state index in [1.807, 2.05) is 0 Å². The number of hydrogen-bond acceptors (Lipinski definition) is 7. The number of ether oxygens (including phenoxy) is 1. The fourth-order valence-corrected chi connectivity index (χ4v) is 4.96. The molecule has 10 heteroatoms. The maximum atomic E-state index is 12.6. The van der Waals surface area contributed by atoms with Crippen LogP contribution in [0.2, 0.25) is 0 Å². The van der Waals surface area contributed by atoms with Crippen LogP contribution in [0, 0.1) is 0 Å². The normalized spacial score (nSPS) is 17.8. The second kappa shape index (κ2) is 6.95. The molecular formula is C13H19N3O5S2. The largest absolute Gasteiger partial charge is 0.465 e. The van der Waals surface area contributed by atoms with Crippen LogP contribution in [0.1, 0.15) is 17.3 Å². The number of nitrogens with two attached hydrogens (primary N) is 1. The molecule has 8 nitrogen and oxygen atoms in total. The number of carbonyl (C=O) groups excluding carboxylic acids is 2. The van der Waals surface area contributed by atoms with Crippen molar-refractivity contribution in [3.8, 4) is 0 Å². The summed E-state index contributed by atoms with van der Waals surface area (Å²) in [5.74, 6) is -0.763. The van der Waals surface area contributed by atoms with Crippen molar-refractivity contribution >= 4 is 33.2 Å². The molecule has 0 spiro atoms. The number of sulfonamides is 1. The predicted octanol–water partition coefficient (Wildman–Crippen LogP) is -0.285. The molecule has 23 heavy (non-hydrogen) atoms. The second-order valence-electron chi connectivity index (χ2n) is 5.16. The zero-order valence-electron chi connectivity index (χ0n) is 12.9. The van der Waals surface area contributed by atoms with Gasteiger partial charge >= 0.3 is 5.97 Å². The molecule has 1 fully saturated rings. The SMILES string of the molecule is COC(=O)c1csc(S(=O)(=O)N2CCN(C(=O)C(C)N)CC2)c1. The summed E-state index contributed by atoms with van der Waals surface area (Å²) >= 11 is 0.975. The predicted molar refractivity (Wildman–Crippen MR) is 84.6 cm³/mol. The molecule has 1 aliphatic rings. The van der Waals surface area contributed by atoms with Gasteiger partial charge in [0.15, 0.2) is 0 Å². The summed E-state index contributed by atoms with van der Waals surface area (Å²) in [5.41, 5.74) is 5.77. The highest BCUT2D eigenvalue weighted by molar-refractivity contribution is 7.91. The number of esters is 1. The molecule has 0 bridgehead atoms. The van der Waals surface area contributed by atoms with E-state index >= 15 is 0 Å². The van der Waals surface area contributed by atoms with Gasteiger partial charge in [0.25, 0.3) is 10.0 Å². The molecule has 0 aliphatic carbocycles. The average molecular weight is 361 g/mol. The first-order chi connectivity index (χ1) is 10.8. The van der Waals surface area contributed by atoms with Crippen molar-refractivity contribution in [2.24, 2.45) is 5.73 Å². The van der Waals surface area contributed by atoms with Gasteiger partial charge < -0.3 is 15.4 Å². The van der Waals surface area contributed by atoms with Gasteiger partial charge in [0.2, 0.25) is 5.91 Å². The van der Waals surface area contributed by atoms with Crippen LogP contribution in [0.5, 0.6) is 0 Å². The maximum Gasteiger partial charge on any atom is 0.338 e. The Morgan fingerprint density at radius 1 is 1.30 bits per heavy atom. The van der Waals surface area contributed by atoms with Gasteiger partial charge in [-0.25, -0.2) is 13.2 Å². The number of piperazine rings is 1. The van der Waals surface area contributed by atoms with Crippen molar-refractivity contribution in [3.05, 3.63) is 17.0 Å². The van der Waals surface area contributed by atoms with Crippen molar-refractivity contribution in [2.45, 2.75) is 17.2 Å². The van der Waals surface area contributed by atoms with Crippen LogP contribution in [-0.4, -0.2) is 68.8 Å². The lowest BCUT2D eigenvalue weighted by atomic mass is 10.2. The molecule has 1 saturated heterocycles. The third-order valence-electron chi connectivity index (χ3n) is 3.53. The van der Waals surface area contributed by atoms with Crippen molar-refractivity contribution in [1.82, 2.24) is 9.21 Å². The highest BCUT2D eigenvalue weighted by Gasteiger charge is 2.32. The third kappa shape index (κ3) is 3.71.